The molecule has 0 saturated heterocycles. The molecule has 0 aliphatic carbocycles. The fourth-order valence-corrected chi connectivity index (χ4v) is 2.68. The van der Waals surface area contributed by atoms with E-state index in [0.717, 1.165) is 18.5 Å². The van der Waals surface area contributed by atoms with Crippen molar-refractivity contribution in [2.45, 2.75) is 25.8 Å². The second kappa shape index (κ2) is 7.36. The highest BCUT2D eigenvalue weighted by atomic mass is 79.9. The van der Waals surface area contributed by atoms with Gasteiger partial charge in [0.25, 0.3) is 0 Å². The molecule has 3 nitrogen and oxygen atoms in total. The highest BCUT2D eigenvalue weighted by Gasteiger charge is 2.15. The highest BCUT2D eigenvalue weighted by Crippen LogP contribution is 2.23. The maximum atomic E-state index is 13.5. The number of halogens is 2. The van der Waals surface area contributed by atoms with Gasteiger partial charge in [-0.3, -0.25) is 0 Å². The van der Waals surface area contributed by atoms with E-state index >= 15 is 0 Å². The van der Waals surface area contributed by atoms with Gasteiger partial charge >= 0.3 is 0 Å². The first-order chi connectivity index (χ1) is 8.83. The molecule has 6 heteroatoms. The Morgan fingerprint density at radius 3 is 2.63 bits per heavy atom. The summed E-state index contributed by atoms with van der Waals surface area (Å²) in [6, 6.07) is 4.76. The van der Waals surface area contributed by atoms with Crippen molar-refractivity contribution in [2.24, 2.45) is 0 Å². The molecule has 108 valence electrons. The third-order valence-corrected chi connectivity index (χ3v) is 4.38. The molecule has 1 N–H and O–H groups in total. The molecule has 0 spiro atoms. The van der Waals surface area contributed by atoms with Gasteiger partial charge in [0.2, 0.25) is 0 Å². The van der Waals surface area contributed by atoms with E-state index < -0.39 is 9.84 Å². The smallest absolute Gasteiger partial charge is 0.147 e. The van der Waals surface area contributed by atoms with Crippen LogP contribution in [0.4, 0.5) is 4.39 Å². The lowest BCUT2D eigenvalue weighted by molar-refractivity contribution is 0.509. The minimum atomic E-state index is -3.01. The molecule has 1 unspecified atom stereocenters. The summed E-state index contributed by atoms with van der Waals surface area (Å²) in [5.41, 5.74) is 0.776. The summed E-state index contributed by atoms with van der Waals surface area (Å²) >= 11 is 3.11. The van der Waals surface area contributed by atoms with Crippen LogP contribution in [0.5, 0.6) is 0 Å². The Kier molecular flexibility index (Phi) is 6.42. The van der Waals surface area contributed by atoms with Crippen molar-refractivity contribution in [2.75, 3.05) is 18.6 Å². The molecule has 0 aliphatic rings. The Morgan fingerprint density at radius 2 is 2.11 bits per heavy atom. The Bertz CT molecular complexity index is 519. The molecule has 0 heterocycles. The molecular formula is C13H19BrFNO2S. The Labute approximate surface area is 122 Å². The standard InChI is InChI=1S/C13H19BrFNO2S/c1-3-7-16-13(6-8-19(2,17)18)10-4-5-11(14)12(15)9-10/h4-5,9,13,16H,3,6-8H2,1-2H3. The van der Waals surface area contributed by atoms with Crippen molar-refractivity contribution in [1.29, 1.82) is 0 Å². The first-order valence-corrected chi connectivity index (χ1v) is 9.05. The lowest BCUT2D eigenvalue weighted by Gasteiger charge is -2.19. The van der Waals surface area contributed by atoms with Crippen LogP contribution in [-0.2, 0) is 9.84 Å². The number of hydrogen-bond acceptors (Lipinski definition) is 3. The summed E-state index contributed by atoms with van der Waals surface area (Å²) in [7, 11) is -3.01. The second-order valence-electron chi connectivity index (χ2n) is 4.60. The Morgan fingerprint density at radius 1 is 1.42 bits per heavy atom. The van der Waals surface area contributed by atoms with Gasteiger partial charge in [0.05, 0.1) is 10.2 Å². The largest absolute Gasteiger partial charge is 0.310 e. The van der Waals surface area contributed by atoms with E-state index in [-0.39, 0.29) is 17.6 Å². The Hall–Kier alpha value is -0.460. The average molecular weight is 352 g/mol. The lowest BCUT2D eigenvalue weighted by Crippen LogP contribution is -2.24. The van der Waals surface area contributed by atoms with Gasteiger partial charge in [-0.05, 0) is 53.0 Å². The predicted molar refractivity (Wildman–Crippen MR) is 79.5 cm³/mol. The molecule has 0 bridgehead atoms. The molecule has 1 atom stereocenters. The highest BCUT2D eigenvalue weighted by molar-refractivity contribution is 9.10. The Balaban J connectivity index is 2.85. The summed E-state index contributed by atoms with van der Waals surface area (Å²) in [5, 5.41) is 3.26. The molecule has 0 saturated carbocycles. The average Bonchev–Trinajstić information content (AvgIpc) is 2.32. The van der Waals surface area contributed by atoms with E-state index in [1.54, 1.807) is 6.07 Å². The van der Waals surface area contributed by atoms with Crippen molar-refractivity contribution in [1.82, 2.24) is 5.32 Å². The van der Waals surface area contributed by atoms with Gasteiger partial charge in [-0.2, -0.15) is 0 Å². The minimum Gasteiger partial charge on any atom is -0.310 e. The quantitative estimate of drug-likeness (QED) is 0.820. The number of sulfone groups is 1. The van der Waals surface area contributed by atoms with Crippen LogP contribution in [0, 0.1) is 5.82 Å². The molecule has 1 aromatic rings. The van der Waals surface area contributed by atoms with Crippen LogP contribution in [0.1, 0.15) is 31.4 Å². The zero-order valence-corrected chi connectivity index (χ0v) is 13.5. The fraction of sp³-hybridized carbons (Fsp3) is 0.538. The van der Waals surface area contributed by atoms with E-state index in [4.69, 9.17) is 0 Å². The topological polar surface area (TPSA) is 46.2 Å². The normalized spacial score (nSPS) is 13.5. The maximum Gasteiger partial charge on any atom is 0.147 e. The van der Waals surface area contributed by atoms with E-state index in [1.165, 1.54) is 12.3 Å². The van der Waals surface area contributed by atoms with Crippen molar-refractivity contribution < 1.29 is 12.8 Å². The van der Waals surface area contributed by atoms with Crippen LogP contribution in [0.15, 0.2) is 22.7 Å². The van der Waals surface area contributed by atoms with Gasteiger partial charge < -0.3 is 5.32 Å². The molecule has 1 aromatic carbocycles. The molecule has 0 radical (unpaired) electrons. The summed E-state index contributed by atoms with van der Waals surface area (Å²) in [6.45, 7) is 2.80. The van der Waals surface area contributed by atoms with Gasteiger partial charge in [0.1, 0.15) is 15.7 Å². The monoisotopic (exact) mass is 351 g/mol. The third-order valence-electron chi connectivity index (χ3n) is 2.76. The van der Waals surface area contributed by atoms with Crippen molar-refractivity contribution >= 4 is 25.8 Å². The predicted octanol–water partition coefficient (Wildman–Crippen LogP) is 3.06. The molecule has 19 heavy (non-hydrogen) atoms. The van der Waals surface area contributed by atoms with Crippen molar-refractivity contribution in [3.8, 4) is 0 Å². The van der Waals surface area contributed by atoms with Crippen LogP contribution in [0.2, 0.25) is 0 Å². The van der Waals surface area contributed by atoms with E-state index in [2.05, 4.69) is 21.2 Å². The van der Waals surface area contributed by atoms with E-state index in [0.29, 0.717) is 10.9 Å². The fourth-order valence-electron chi connectivity index (χ4n) is 1.77. The van der Waals surface area contributed by atoms with E-state index in [9.17, 15) is 12.8 Å². The SMILES string of the molecule is CCCNC(CCS(C)(=O)=O)c1ccc(Br)c(F)c1. The third kappa shape index (κ3) is 6.01. The first kappa shape index (κ1) is 16.6. The molecular weight excluding hydrogens is 333 g/mol. The van der Waals surface area contributed by atoms with Gasteiger partial charge in [-0.1, -0.05) is 13.0 Å². The van der Waals surface area contributed by atoms with Crippen LogP contribution in [0.3, 0.4) is 0 Å². The number of rotatable bonds is 7. The maximum absolute atomic E-state index is 13.5. The zero-order valence-electron chi connectivity index (χ0n) is 11.1. The van der Waals surface area contributed by atoms with Crippen molar-refractivity contribution in [3.63, 3.8) is 0 Å². The first-order valence-electron chi connectivity index (χ1n) is 6.19. The van der Waals surface area contributed by atoms with E-state index in [1.807, 2.05) is 13.0 Å². The zero-order chi connectivity index (χ0) is 14.5. The van der Waals surface area contributed by atoms with Gasteiger partial charge in [0, 0.05) is 12.3 Å². The summed E-state index contributed by atoms with van der Waals surface area (Å²) in [5.74, 6) is -0.244. The number of nitrogens with one attached hydrogen (secondary N) is 1. The number of benzene rings is 1. The van der Waals surface area contributed by atoms with Gasteiger partial charge in [-0.25, -0.2) is 12.8 Å². The second-order valence-corrected chi connectivity index (χ2v) is 7.71. The van der Waals surface area contributed by atoms with Crippen LogP contribution in [-0.4, -0.2) is 27.0 Å². The van der Waals surface area contributed by atoms with Crippen molar-refractivity contribution in [3.05, 3.63) is 34.1 Å². The lowest BCUT2D eigenvalue weighted by atomic mass is 10.0. The summed E-state index contributed by atoms with van der Waals surface area (Å²) < 4.78 is 36.5. The molecule has 0 amide bonds. The summed E-state index contributed by atoms with van der Waals surface area (Å²) in [4.78, 5) is 0. The number of hydrogen-bond donors (Lipinski definition) is 1. The van der Waals surface area contributed by atoms with Crippen LogP contribution in [0.25, 0.3) is 0 Å². The van der Waals surface area contributed by atoms with Crippen LogP contribution >= 0.6 is 15.9 Å². The molecule has 1 rings (SSSR count). The molecule has 0 aromatic heterocycles. The summed E-state index contributed by atoms with van der Waals surface area (Å²) in [6.07, 6.45) is 2.60. The van der Waals surface area contributed by atoms with Gasteiger partial charge in [0.15, 0.2) is 0 Å². The molecule has 0 fully saturated rings. The van der Waals surface area contributed by atoms with Crippen LogP contribution < -0.4 is 5.32 Å². The van der Waals surface area contributed by atoms with Gasteiger partial charge in [-0.15, -0.1) is 0 Å². The molecule has 0 aliphatic heterocycles. The minimum absolute atomic E-state index is 0.0893.